The molecule has 0 fully saturated rings. The third kappa shape index (κ3) is 4.47. The van der Waals surface area contributed by atoms with E-state index in [4.69, 9.17) is 4.74 Å². The minimum atomic E-state index is -0.488. The summed E-state index contributed by atoms with van der Waals surface area (Å²) in [5.74, 6) is -0.726. The molecular formula is C21H20N2O4. The quantitative estimate of drug-likeness (QED) is 0.476. The number of carbonyl (C=O) groups excluding carboxylic acids is 2. The summed E-state index contributed by atoms with van der Waals surface area (Å²) in [5.41, 5.74) is 2.16. The number of aromatic nitrogens is 2. The Labute approximate surface area is 156 Å². The van der Waals surface area contributed by atoms with Gasteiger partial charge in [-0.05, 0) is 24.1 Å². The SMILES string of the molecule is CCc1ccc(C(=O)COC(=O)CCn2ncc(=O)c3ccccc32)cc1. The standard InChI is InChI=1S/C21H20N2O4/c1-2-15-7-9-16(10-8-15)20(25)14-27-21(26)11-12-23-18-6-4-3-5-17(18)19(24)13-22-23/h3-10,13H,2,11-12,14H2,1H3. The second-order valence-corrected chi connectivity index (χ2v) is 6.13. The molecule has 1 heterocycles. The monoisotopic (exact) mass is 364 g/mol. The lowest BCUT2D eigenvalue weighted by atomic mass is 10.1. The number of benzene rings is 2. The van der Waals surface area contributed by atoms with Gasteiger partial charge in [0.2, 0.25) is 5.43 Å². The minimum Gasteiger partial charge on any atom is -0.457 e. The maximum absolute atomic E-state index is 12.1. The van der Waals surface area contributed by atoms with Crippen LogP contribution in [0.1, 0.15) is 29.3 Å². The van der Waals surface area contributed by atoms with Crippen molar-refractivity contribution < 1.29 is 14.3 Å². The van der Waals surface area contributed by atoms with Crippen LogP contribution in [-0.4, -0.2) is 28.1 Å². The smallest absolute Gasteiger partial charge is 0.308 e. The van der Waals surface area contributed by atoms with Crippen LogP contribution in [-0.2, 0) is 22.5 Å². The molecule has 0 N–H and O–H groups in total. The van der Waals surface area contributed by atoms with Crippen molar-refractivity contribution in [1.82, 2.24) is 9.78 Å². The summed E-state index contributed by atoms with van der Waals surface area (Å²) in [4.78, 5) is 35.9. The first-order valence-electron chi connectivity index (χ1n) is 8.81. The zero-order valence-corrected chi connectivity index (χ0v) is 15.1. The van der Waals surface area contributed by atoms with Gasteiger partial charge in [0.25, 0.3) is 0 Å². The summed E-state index contributed by atoms with van der Waals surface area (Å²) in [5, 5.41) is 4.61. The van der Waals surface area contributed by atoms with Crippen LogP contribution >= 0.6 is 0 Å². The fourth-order valence-electron chi connectivity index (χ4n) is 2.76. The molecular weight excluding hydrogens is 344 g/mol. The molecule has 2 aromatic carbocycles. The van der Waals surface area contributed by atoms with Crippen molar-refractivity contribution in [1.29, 1.82) is 0 Å². The predicted octanol–water partition coefficient (Wildman–Crippen LogP) is 2.78. The number of Topliss-reactive ketones (excluding diaryl/α,β-unsaturated/α-hetero) is 1. The van der Waals surface area contributed by atoms with E-state index in [9.17, 15) is 14.4 Å². The zero-order valence-electron chi connectivity index (χ0n) is 15.1. The third-order valence-electron chi connectivity index (χ3n) is 4.34. The molecule has 27 heavy (non-hydrogen) atoms. The summed E-state index contributed by atoms with van der Waals surface area (Å²) in [7, 11) is 0. The molecule has 0 spiro atoms. The third-order valence-corrected chi connectivity index (χ3v) is 4.34. The van der Waals surface area contributed by atoms with Crippen LogP contribution in [0.2, 0.25) is 0 Å². The van der Waals surface area contributed by atoms with Gasteiger partial charge in [0.1, 0.15) is 0 Å². The highest BCUT2D eigenvalue weighted by atomic mass is 16.5. The number of aryl methyl sites for hydroxylation is 2. The Morgan fingerprint density at radius 2 is 1.81 bits per heavy atom. The number of ketones is 1. The number of hydrogen-bond acceptors (Lipinski definition) is 5. The fourth-order valence-corrected chi connectivity index (χ4v) is 2.76. The van der Waals surface area contributed by atoms with E-state index in [1.54, 1.807) is 41.1 Å². The largest absolute Gasteiger partial charge is 0.457 e. The molecule has 6 heteroatoms. The Balaban J connectivity index is 1.56. The first-order chi connectivity index (χ1) is 13.1. The maximum Gasteiger partial charge on any atom is 0.308 e. The second kappa shape index (κ2) is 8.40. The van der Waals surface area contributed by atoms with Gasteiger partial charge in [0.15, 0.2) is 12.4 Å². The summed E-state index contributed by atoms with van der Waals surface area (Å²) in [6.45, 7) is 2.01. The molecule has 1 aromatic heterocycles. The lowest BCUT2D eigenvalue weighted by molar-refractivity contribution is -0.142. The molecule has 0 aliphatic carbocycles. The van der Waals surface area contributed by atoms with Gasteiger partial charge in [-0.15, -0.1) is 0 Å². The van der Waals surface area contributed by atoms with Gasteiger partial charge in [-0.25, -0.2) is 0 Å². The number of hydrogen-bond donors (Lipinski definition) is 0. The van der Waals surface area contributed by atoms with Crippen LogP contribution < -0.4 is 5.43 Å². The molecule has 3 aromatic rings. The van der Waals surface area contributed by atoms with Gasteiger partial charge in [-0.3, -0.25) is 19.1 Å². The van der Waals surface area contributed by atoms with Gasteiger partial charge in [0, 0.05) is 10.9 Å². The molecule has 3 rings (SSSR count). The molecule has 0 saturated carbocycles. The molecule has 0 aliphatic rings. The van der Waals surface area contributed by atoms with Crippen LogP contribution in [0.4, 0.5) is 0 Å². The lowest BCUT2D eigenvalue weighted by Crippen LogP contribution is -2.18. The zero-order chi connectivity index (χ0) is 19.2. The van der Waals surface area contributed by atoms with Crippen molar-refractivity contribution >= 4 is 22.7 Å². The van der Waals surface area contributed by atoms with Crippen LogP contribution in [0, 0.1) is 0 Å². The van der Waals surface area contributed by atoms with Crippen molar-refractivity contribution in [2.24, 2.45) is 0 Å². The Bertz CT molecular complexity index is 1020. The molecule has 0 aliphatic heterocycles. The Morgan fingerprint density at radius 3 is 2.56 bits per heavy atom. The average molecular weight is 364 g/mol. The van der Waals surface area contributed by atoms with Crippen LogP contribution in [0.5, 0.6) is 0 Å². The van der Waals surface area contributed by atoms with Crippen LogP contribution in [0.15, 0.2) is 59.5 Å². The molecule has 0 unspecified atom stereocenters. The number of rotatable bonds is 7. The number of para-hydroxylation sites is 1. The van der Waals surface area contributed by atoms with Gasteiger partial charge in [0.05, 0.1) is 24.7 Å². The Morgan fingerprint density at radius 1 is 1.07 bits per heavy atom. The Hall–Kier alpha value is -3.28. The highest BCUT2D eigenvalue weighted by Crippen LogP contribution is 2.09. The van der Waals surface area contributed by atoms with Crippen molar-refractivity contribution in [2.75, 3.05) is 6.61 Å². The summed E-state index contributed by atoms with van der Waals surface area (Å²) < 4.78 is 6.67. The normalized spacial score (nSPS) is 10.7. The van der Waals surface area contributed by atoms with E-state index < -0.39 is 5.97 Å². The topological polar surface area (TPSA) is 78.3 Å². The summed E-state index contributed by atoms with van der Waals surface area (Å²) in [6, 6.07) is 14.3. The van der Waals surface area contributed by atoms with Gasteiger partial charge in [-0.2, -0.15) is 5.10 Å². The number of esters is 1. The van der Waals surface area contributed by atoms with Crippen molar-refractivity contribution in [3.8, 4) is 0 Å². The van der Waals surface area contributed by atoms with Crippen molar-refractivity contribution in [3.63, 3.8) is 0 Å². The average Bonchev–Trinajstić information content (AvgIpc) is 2.71. The molecule has 0 atom stereocenters. The van der Waals surface area contributed by atoms with E-state index in [-0.39, 0.29) is 30.8 Å². The van der Waals surface area contributed by atoms with E-state index in [2.05, 4.69) is 5.10 Å². The van der Waals surface area contributed by atoms with Gasteiger partial charge < -0.3 is 4.74 Å². The number of nitrogens with zero attached hydrogens (tertiary/aromatic N) is 2. The van der Waals surface area contributed by atoms with Gasteiger partial charge >= 0.3 is 5.97 Å². The minimum absolute atomic E-state index is 0.0575. The first-order valence-corrected chi connectivity index (χ1v) is 8.81. The van der Waals surface area contributed by atoms with E-state index in [0.29, 0.717) is 16.5 Å². The van der Waals surface area contributed by atoms with Crippen molar-refractivity contribution in [2.45, 2.75) is 26.3 Å². The molecule has 0 amide bonds. The number of ether oxygens (including phenoxy) is 1. The van der Waals surface area contributed by atoms with E-state index >= 15 is 0 Å². The van der Waals surface area contributed by atoms with Crippen molar-refractivity contribution in [3.05, 3.63) is 76.1 Å². The summed E-state index contributed by atoms with van der Waals surface area (Å²) in [6.07, 6.45) is 2.19. The number of fused-ring (bicyclic) bond motifs is 1. The summed E-state index contributed by atoms with van der Waals surface area (Å²) >= 11 is 0. The van der Waals surface area contributed by atoms with Gasteiger partial charge in [-0.1, -0.05) is 43.3 Å². The van der Waals surface area contributed by atoms with E-state index in [1.165, 1.54) is 6.20 Å². The second-order valence-electron chi connectivity index (χ2n) is 6.13. The molecule has 6 nitrogen and oxygen atoms in total. The Kier molecular flexibility index (Phi) is 5.76. The lowest BCUT2D eigenvalue weighted by Gasteiger charge is -2.09. The van der Waals surface area contributed by atoms with E-state index in [1.807, 2.05) is 19.1 Å². The highest BCUT2D eigenvalue weighted by Gasteiger charge is 2.11. The molecule has 138 valence electrons. The fraction of sp³-hybridized carbons (Fsp3) is 0.238. The maximum atomic E-state index is 12.1. The first kappa shape index (κ1) is 18.5. The van der Waals surface area contributed by atoms with Crippen LogP contribution in [0.3, 0.4) is 0 Å². The highest BCUT2D eigenvalue weighted by molar-refractivity contribution is 5.97. The molecule has 0 radical (unpaired) electrons. The molecule has 0 saturated heterocycles. The molecule has 0 bridgehead atoms. The van der Waals surface area contributed by atoms with Crippen LogP contribution in [0.25, 0.3) is 10.9 Å². The predicted molar refractivity (Wildman–Crippen MR) is 102 cm³/mol. The van der Waals surface area contributed by atoms with E-state index in [0.717, 1.165) is 12.0 Å². The number of carbonyl (C=O) groups is 2.